The highest BCUT2D eigenvalue weighted by Crippen LogP contribution is 2.23. The van der Waals surface area contributed by atoms with Gasteiger partial charge >= 0.3 is 0 Å². The Morgan fingerprint density at radius 2 is 1.95 bits per heavy atom. The molecule has 0 unspecified atom stereocenters. The monoisotopic (exact) mass is 307 g/mol. The molecule has 8 heteroatoms. The number of nitrogens with one attached hydrogen (secondary N) is 2. The summed E-state index contributed by atoms with van der Waals surface area (Å²) in [6.07, 6.45) is 1.45. The molecule has 0 aromatic carbocycles. The van der Waals surface area contributed by atoms with Gasteiger partial charge < -0.3 is 5.32 Å². The van der Waals surface area contributed by atoms with E-state index in [4.69, 9.17) is 10.7 Å². The molecule has 0 saturated carbocycles. The average molecular weight is 308 g/mol. The molecule has 0 atom stereocenters. The summed E-state index contributed by atoms with van der Waals surface area (Å²) in [5.41, 5.74) is -0.354. The maximum atomic E-state index is 12.1. The number of carbonyl (C=O) groups excluding carboxylic acids is 1. The third kappa shape index (κ3) is 3.48. The third-order valence-electron chi connectivity index (χ3n) is 3.33. The second-order valence-electron chi connectivity index (χ2n) is 4.69. The van der Waals surface area contributed by atoms with E-state index in [-0.39, 0.29) is 16.3 Å². The molecule has 1 aromatic heterocycles. The zero-order chi connectivity index (χ0) is 14.8. The Balaban J connectivity index is 3.16. The Labute approximate surface area is 117 Å². The van der Waals surface area contributed by atoms with Crippen molar-refractivity contribution in [2.75, 3.05) is 0 Å². The topological polar surface area (TPSA) is 91.9 Å². The largest absolute Gasteiger partial charge is 0.345 e. The molecular formula is C11H18ClN3O3S. The molecule has 0 radical (unpaired) electrons. The van der Waals surface area contributed by atoms with Crippen LogP contribution in [0.15, 0.2) is 4.90 Å². The molecule has 0 aliphatic rings. The minimum atomic E-state index is -4.02. The summed E-state index contributed by atoms with van der Waals surface area (Å²) in [6, 6.07) is 0. The van der Waals surface area contributed by atoms with E-state index in [0.717, 1.165) is 12.8 Å². The molecule has 0 saturated heterocycles. The van der Waals surface area contributed by atoms with E-state index in [0.29, 0.717) is 0 Å². The molecule has 1 amide bonds. The number of amides is 1. The average Bonchev–Trinajstić information content (AvgIpc) is 2.70. The van der Waals surface area contributed by atoms with Crippen molar-refractivity contribution in [2.24, 2.45) is 0 Å². The Bertz CT molecular complexity index is 576. The lowest BCUT2D eigenvalue weighted by Crippen LogP contribution is -2.45. The fraction of sp³-hybridized carbons (Fsp3) is 0.636. The smallest absolute Gasteiger partial charge is 0.273 e. The number of H-pyrrole nitrogens is 1. The van der Waals surface area contributed by atoms with Crippen molar-refractivity contribution in [1.82, 2.24) is 15.5 Å². The Morgan fingerprint density at radius 3 is 2.37 bits per heavy atom. The van der Waals surface area contributed by atoms with Gasteiger partial charge in [0.1, 0.15) is 4.90 Å². The van der Waals surface area contributed by atoms with E-state index < -0.39 is 20.5 Å². The second kappa shape index (κ2) is 5.50. The first-order valence-electron chi connectivity index (χ1n) is 5.96. The molecule has 2 N–H and O–H groups in total. The Kier molecular flexibility index (Phi) is 4.63. The van der Waals surface area contributed by atoms with Crippen LogP contribution in [0.5, 0.6) is 0 Å². The van der Waals surface area contributed by atoms with Crippen LogP contribution >= 0.6 is 10.7 Å². The number of aromatic nitrogens is 2. The minimum absolute atomic E-state index is 0.194. The van der Waals surface area contributed by atoms with Gasteiger partial charge in [0.15, 0.2) is 5.69 Å². The van der Waals surface area contributed by atoms with Gasteiger partial charge in [0, 0.05) is 16.2 Å². The van der Waals surface area contributed by atoms with Gasteiger partial charge in [-0.3, -0.25) is 9.89 Å². The molecule has 6 nitrogen and oxygen atoms in total. The van der Waals surface area contributed by atoms with Crippen molar-refractivity contribution >= 4 is 25.6 Å². The van der Waals surface area contributed by atoms with E-state index in [1.54, 1.807) is 0 Å². The minimum Gasteiger partial charge on any atom is -0.345 e. The second-order valence-corrected chi connectivity index (χ2v) is 7.19. The maximum absolute atomic E-state index is 12.1. The van der Waals surface area contributed by atoms with Gasteiger partial charge in [-0.2, -0.15) is 5.10 Å². The van der Waals surface area contributed by atoms with Gasteiger partial charge in [-0.1, -0.05) is 13.8 Å². The highest BCUT2D eigenvalue weighted by atomic mass is 35.7. The number of aromatic amines is 1. The van der Waals surface area contributed by atoms with Crippen LogP contribution in [0.4, 0.5) is 0 Å². The van der Waals surface area contributed by atoms with Crippen LogP contribution in [0.2, 0.25) is 0 Å². The van der Waals surface area contributed by atoms with Crippen molar-refractivity contribution in [1.29, 1.82) is 0 Å². The summed E-state index contributed by atoms with van der Waals surface area (Å²) in [4.78, 5) is 11.9. The molecule has 0 spiro atoms. The predicted octanol–water partition coefficient (Wildman–Crippen LogP) is 1.95. The fourth-order valence-corrected chi connectivity index (χ4v) is 2.98. The first kappa shape index (κ1) is 16.0. The lowest BCUT2D eigenvalue weighted by Gasteiger charge is -2.27. The summed E-state index contributed by atoms with van der Waals surface area (Å²) in [5.74, 6) is -0.547. The molecule has 0 aliphatic carbocycles. The van der Waals surface area contributed by atoms with Crippen LogP contribution in [0, 0.1) is 6.92 Å². The van der Waals surface area contributed by atoms with Gasteiger partial charge in [-0.05, 0) is 26.7 Å². The van der Waals surface area contributed by atoms with Crippen LogP contribution in [0.1, 0.15) is 49.8 Å². The van der Waals surface area contributed by atoms with Crippen LogP contribution in [-0.4, -0.2) is 30.1 Å². The van der Waals surface area contributed by atoms with E-state index in [1.165, 1.54) is 6.92 Å². The van der Waals surface area contributed by atoms with Crippen molar-refractivity contribution in [3.05, 3.63) is 11.4 Å². The number of nitrogens with zero attached hydrogens (tertiary/aromatic N) is 1. The van der Waals surface area contributed by atoms with Crippen molar-refractivity contribution in [3.8, 4) is 0 Å². The molecule has 1 rings (SSSR count). The highest BCUT2D eigenvalue weighted by molar-refractivity contribution is 8.13. The molecule has 0 fully saturated rings. The molecule has 1 aromatic rings. The van der Waals surface area contributed by atoms with E-state index >= 15 is 0 Å². The predicted molar refractivity (Wildman–Crippen MR) is 72.8 cm³/mol. The van der Waals surface area contributed by atoms with Crippen LogP contribution in [0.25, 0.3) is 0 Å². The first-order chi connectivity index (χ1) is 8.64. The lowest BCUT2D eigenvalue weighted by molar-refractivity contribution is 0.0892. The number of hydrogen-bond donors (Lipinski definition) is 2. The molecule has 19 heavy (non-hydrogen) atoms. The fourth-order valence-electron chi connectivity index (χ4n) is 1.63. The number of hydrogen-bond acceptors (Lipinski definition) is 4. The summed E-state index contributed by atoms with van der Waals surface area (Å²) in [7, 11) is 1.31. The summed E-state index contributed by atoms with van der Waals surface area (Å²) < 4.78 is 22.9. The molecular weight excluding hydrogens is 290 g/mol. The first-order valence-corrected chi connectivity index (χ1v) is 8.27. The molecule has 0 bridgehead atoms. The summed E-state index contributed by atoms with van der Waals surface area (Å²) >= 11 is 0. The van der Waals surface area contributed by atoms with Crippen LogP contribution in [0.3, 0.4) is 0 Å². The Morgan fingerprint density at radius 1 is 1.42 bits per heavy atom. The zero-order valence-corrected chi connectivity index (χ0v) is 12.9. The van der Waals surface area contributed by atoms with Gasteiger partial charge in [-0.15, -0.1) is 0 Å². The number of aryl methyl sites for hydroxylation is 1. The maximum Gasteiger partial charge on any atom is 0.273 e. The molecule has 108 valence electrons. The number of rotatable bonds is 5. The van der Waals surface area contributed by atoms with Gasteiger partial charge in [0.05, 0.1) is 5.69 Å². The summed E-state index contributed by atoms with van der Waals surface area (Å²) in [5, 5.41) is 9.00. The van der Waals surface area contributed by atoms with Gasteiger partial charge in [0.25, 0.3) is 15.0 Å². The third-order valence-corrected chi connectivity index (χ3v) is 4.78. The standard InChI is InChI=1S/C11H18ClN3O3S/c1-5-11(4,6-2)13-10(16)8-9(19(12,17)18)7(3)14-15-8/h5-6H2,1-4H3,(H,13,16)(H,14,15). The molecule has 1 heterocycles. The van der Waals surface area contributed by atoms with Gasteiger partial charge in [-0.25, -0.2) is 8.42 Å². The normalized spacial score (nSPS) is 12.5. The van der Waals surface area contributed by atoms with Crippen LogP contribution in [-0.2, 0) is 9.05 Å². The van der Waals surface area contributed by atoms with Crippen LogP contribution < -0.4 is 5.32 Å². The zero-order valence-electron chi connectivity index (χ0n) is 11.4. The van der Waals surface area contributed by atoms with Crippen molar-refractivity contribution in [3.63, 3.8) is 0 Å². The quantitative estimate of drug-likeness (QED) is 0.813. The number of carbonyl (C=O) groups is 1. The number of halogens is 1. The van der Waals surface area contributed by atoms with Gasteiger partial charge in [0.2, 0.25) is 0 Å². The van der Waals surface area contributed by atoms with Crippen molar-refractivity contribution < 1.29 is 13.2 Å². The Hall–Kier alpha value is -1.08. The van der Waals surface area contributed by atoms with E-state index in [2.05, 4.69) is 15.5 Å². The highest BCUT2D eigenvalue weighted by Gasteiger charge is 2.30. The SMILES string of the molecule is CCC(C)(CC)NC(=O)c1n[nH]c(C)c1S(=O)(=O)Cl. The van der Waals surface area contributed by atoms with Crippen molar-refractivity contribution in [2.45, 2.75) is 51.0 Å². The summed E-state index contributed by atoms with van der Waals surface area (Å²) in [6.45, 7) is 7.27. The van der Waals surface area contributed by atoms with E-state index in [1.807, 2.05) is 20.8 Å². The lowest BCUT2D eigenvalue weighted by atomic mass is 9.95. The molecule has 0 aliphatic heterocycles. The van der Waals surface area contributed by atoms with E-state index in [9.17, 15) is 13.2 Å².